The van der Waals surface area contributed by atoms with E-state index in [2.05, 4.69) is 0 Å². The average Bonchev–Trinajstić information content (AvgIpc) is 2.33. The number of carbonyl (C=O) groups is 1. The lowest BCUT2D eigenvalue weighted by atomic mass is 10.0. The second-order valence-electron chi connectivity index (χ2n) is 4.00. The molecule has 1 saturated heterocycles. The van der Waals surface area contributed by atoms with Gasteiger partial charge in [0.05, 0.1) is 18.7 Å². The number of rotatable bonds is 2. The number of hydrogen-bond donors (Lipinski definition) is 1. The summed E-state index contributed by atoms with van der Waals surface area (Å²) in [5.41, 5.74) is 0.963. The summed E-state index contributed by atoms with van der Waals surface area (Å²) < 4.78 is 5.13. The number of ether oxygens (including phenoxy) is 1. The fraction of sp³-hybridized carbons (Fsp3) is 0.417. The Bertz CT molecular complexity index is 366. The molecule has 0 radical (unpaired) electrons. The van der Waals surface area contributed by atoms with E-state index in [1.807, 2.05) is 30.3 Å². The molecule has 1 aliphatic heterocycles. The topological polar surface area (TPSA) is 49.8 Å². The van der Waals surface area contributed by atoms with Crippen molar-refractivity contribution >= 4 is 6.09 Å². The van der Waals surface area contributed by atoms with Gasteiger partial charge in [-0.15, -0.1) is 0 Å². The summed E-state index contributed by atoms with van der Waals surface area (Å²) in [7, 11) is 0. The Hall–Kier alpha value is -1.55. The van der Waals surface area contributed by atoms with E-state index in [1.165, 1.54) is 4.90 Å². The standard InChI is InChI=1S/C12H15NO3/c1-9-11(14)7-13(9)12(15)16-8-10-5-3-2-4-6-10/h2-6,9,11,14H,7-8H2,1H3/t9-,11+/m0/s1. The molecule has 0 aliphatic carbocycles. The van der Waals surface area contributed by atoms with Crippen LogP contribution in [0.4, 0.5) is 4.79 Å². The van der Waals surface area contributed by atoms with Gasteiger partial charge >= 0.3 is 6.09 Å². The molecule has 1 fully saturated rings. The first kappa shape index (κ1) is 11.0. The van der Waals surface area contributed by atoms with Gasteiger partial charge in [-0.3, -0.25) is 0 Å². The Morgan fingerprint density at radius 3 is 2.75 bits per heavy atom. The summed E-state index contributed by atoms with van der Waals surface area (Å²) in [6, 6.07) is 9.39. The molecule has 1 aliphatic rings. The first-order chi connectivity index (χ1) is 7.68. The molecular weight excluding hydrogens is 206 g/mol. The van der Waals surface area contributed by atoms with Crippen molar-refractivity contribution in [3.63, 3.8) is 0 Å². The molecule has 2 atom stereocenters. The van der Waals surface area contributed by atoms with Gasteiger partial charge in [0, 0.05) is 0 Å². The van der Waals surface area contributed by atoms with Gasteiger partial charge in [-0.1, -0.05) is 30.3 Å². The molecule has 0 unspecified atom stereocenters. The average molecular weight is 221 g/mol. The SMILES string of the molecule is C[C@H]1[C@H](O)CN1C(=O)OCc1ccccc1. The van der Waals surface area contributed by atoms with E-state index in [-0.39, 0.29) is 18.7 Å². The van der Waals surface area contributed by atoms with Gasteiger partial charge in [0.15, 0.2) is 0 Å². The van der Waals surface area contributed by atoms with Gasteiger partial charge in [0.2, 0.25) is 0 Å². The van der Waals surface area contributed by atoms with E-state index < -0.39 is 6.10 Å². The van der Waals surface area contributed by atoms with Crippen LogP contribution in [0, 0.1) is 0 Å². The number of carbonyl (C=O) groups excluding carboxylic acids is 1. The third kappa shape index (κ3) is 2.17. The molecule has 0 aromatic heterocycles. The minimum atomic E-state index is -0.413. The summed E-state index contributed by atoms with van der Waals surface area (Å²) in [6.07, 6.45) is -0.772. The molecule has 0 bridgehead atoms. The minimum absolute atomic E-state index is 0.136. The zero-order valence-electron chi connectivity index (χ0n) is 9.17. The first-order valence-electron chi connectivity index (χ1n) is 5.34. The van der Waals surface area contributed by atoms with E-state index in [4.69, 9.17) is 4.74 Å². The van der Waals surface area contributed by atoms with Crippen LogP contribution in [-0.4, -0.2) is 34.8 Å². The monoisotopic (exact) mass is 221 g/mol. The van der Waals surface area contributed by atoms with Crippen LogP contribution in [-0.2, 0) is 11.3 Å². The fourth-order valence-electron chi connectivity index (χ4n) is 1.63. The zero-order chi connectivity index (χ0) is 11.5. The van der Waals surface area contributed by atoms with Gasteiger partial charge in [-0.25, -0.2) is 4.79 Å². The number of hydrogen-bond acceptors (Lipinski definition) is 3. The second-order valence-corrected chi connectivity index (χ2v) is 4.00. The Morgan fingerprint density at radius 2 is 2.19 bits per heavy atom. The Morgan fingerprint density at radius 1 is 1.50 bits per heavy atom. The number of amides is 1. The molecule has 1 aromatic carbocycles. The van der Waals surface area contributed by atoms with Crippen LogP contribution in [0.15, 0.2) is 30.3 Å². The predicted molar refractivity (Wildman–Crippen MR) is 58.8 cm³/mol. The molecule has 1 aromatic rings. The Balaban J connectivity index is 1.81. The van der Waals surface area contributed by atoms with Gasteiger partial charge in [-0.05, 0) is 12.5 Å². The molecule has 16 heavy (non-hydrogen) atoms. The summed E-state index contributed by atoms with van der Waals surface area (Å²) in [4.78, 5) is 13.1. The third-order valence-electron chi connectivity index (χ3n) is 2.87. The van der Waals surface area contributed by atoms with E-state index in [1.54, 1.807) is 6.92 Å². The first-order valence-corrected chi connectivity index (χ1v) is 5.34. The van der Waals surface area contributed by atoms with Crippen LogP contribution in [0.5, 0.6) is 0 Å². The summed E-state index contributed by atoms with van der Waals surface area (Å²) in [6.45, 7) is 2.45. The largest absolute Gasteiger partial charge is 0.445 e. The van der Waals surface area contributed by atoms with Gasteiger partial charge in [-0.2, -0.15) is 0 Å². The lowest BCUT2D eigenvalue weighted by Gasteiger charge is -2.42. The maximum atomic E-state index is 11.5. The van der Waals surface area contributed by atoms with Crippen molar-refractivity contribution in [2.24, 2.45) is 0 Å². The van der Waals surface area contributed by atoms with Crippen LogP contribution in [0.1, 0.15) is 12.5 Å². The third-order valence-corrected chi connectivity index (χ3v) is 2.87. The Kier molecular flexibility index (Phi) is 3.10. The molecular formula is C12H15NO3. The lowest BCUT2D eigenvalue weighted by Crippen LogP contribution is -2.60. The normalized spacial score (nSPS) is 23.8. The number of nitrogens with zero attached hydrogens (tertiary/aromatic N) is 1. The highest BCUT2D eigenvalue weighted by Gasteiger charge is 2.38. The van der Waals surface area contributed by atoms with Gasteiger partial charge in [0.1, 0.15) is 6.61 Å². The van der Waals surface area contributed by atoms with Gasteiger partial charge in [0.25, 0.3) is 0 Å². The summed E-state index contributed by atoms with van der Waals surface area (Å²) in [5.74, 6) is 0. The van der Waals surface area contributed by atoms with Crippen LogP contribution >= 0.6 is 0 Å². The molecule has 1 amide bonds. The van der Waals surface area contributed by atoms with E-state index in [0.29, 0.717) is 6.54 Å². The van der Waals surface area contributed by atoms with Gasteiger partial charge < -0.3 is 14.7 Å². The number of aliphatic hydroxyl groups is 1. The van der Waals surface area contributed by atoms with Crippen LogP contribution in [0.3, 0.4) is 0 Å². The van der Waals surface area contributed by atoms with E-state index >= 15 is 0 Å². The Labute approximate surface area is 94.4 Å². The van der Waals surface area contributed by atoms with Crippen LogP contribution < -0.4 is 0 Å². The second kappa shape index (κ2) is 4.53. The molecule has 0 saturated carbocycles. The number of aliphatic hydroxyl groups excluding tert-OH is 1. The highest BCUT2D eigenvalue weighted by Crippen LogP contribution is 2.18. The molecule has 1 N–H and O–H groups in total. The highest BCUT2D eigenvalue weighted by molar-refractivity contribution is 5.69. The summed E-state index contributed by atoms with van der Waals surface area (Å²) in [5, 5.41) is 9.27. The van der Waals surface area contributed by atoms with Crippen molar-refractivity contribution in [2.75, 3.05) is 6.54 Å². The number of benzene rings is 1. The fourth-order valence-corrected chi connectivity index (χ4v) is 1.63. The van der Waals surface area contributed by atoms with Crippen molar-refractivity contribution in [1.29, 1.82) is 0 Å². The van der Waals surface area contributed by atoms with E-state index in [9.17, 15) is 9.90 Å². The zero-order valence-corrected chi connectivity index (χ0v) is 9.17. The van der Waals surface area contributed by atoms with Crippen molar-refractivity contribution in [3.8, 4) is 0 Å². The van der Waals surface area contributed by atoms with Crippen LogP contribution in [0.2, 0.25) is 0 Å². The minimum Gasteiger partial charge on any atom is -0.445 e. The number of β-amino-alcohol motifs (C(OH)–C–C–N with tert-alkyl or cyclic N) is 1. The maximum Gasteiger partial charge on any atom is 0.410 e. The molecule has 4 heteroatoms. The molecule has 2 rings (SSSR count). The maximum absolute atomic E-state index is 11.5. The summed E-state index contributed by atoms with van der Waals surface area (Å²) >= 11 is 0. The van der Waals surface area contributed by atoms with Crippen molar-refractivity contribution in [2.45, 2.75) is 25.7 Å². The molecule has 86 valence electrons. The lowest BCUT2D eigenvalue weighted by molar-refractivity contribution is -0.0473. The predicted octanol–water partition coefficient (Wildman–Crippen LogP) is 1.39. The number of likely N-dealkylation sites (tertiary alicyclic amines) is 1. The van der Waals surface area contributed by atoms with Crippen molar-refractivity contribution in [1.82, 2.24) is 4.90 Å². The van der Waals surface area contributed by atoms with Crippen molar-refractivity contribution < 1.29 is 14.6 Å². The molecule has 4 nitrogen and oxygen atoms in total. The quantitative estimate of drug-likeness (QED) is 0.821. The smallest absolute Gasteiger partial charge is 0.410 e. The molecule has 0 spiro atoms. The molecule has 1 heterocycles. The van der Waals surface area contributed by atoms with Crippen LogP contribution in [0.25, 0.3) is 0 Å². The highest BCUT2D eigenvalue weighted by atomic mass is 16.6. The van der Waals surface area contributed by atoms with E-state index in [0.717, 1.165) is 5.56 Å². The van der Waals surface area contributed by atoms with Crippen molar-refractivity contribution in [3.05, 3.63) is 35.9 Å².